The number of halogens is 1. The average Bonchev–Trinajstić information content (AvgIpc) is 2.91. The molecular formula is C10H11BrO2. The molecule has 1 aromatic carbocycles. The van der Waals surface area contributed by atoms with Crippen LogP contribution in [-0.2, 0) is 4.74 Å². The van der Waals surface area contributed by atoms with E-state index >= 15 is 0 Å². The Morgan fingerprint density at radius 1 is 1.54 bits per heavy atom. The molecule has 0 spiro atoms. The Balaban J connectivity index is 2.03. The van der Waals surface area contributed by atoms with Gasteiger partial charge in [0.15, 0.2) is 0 Å². The topological polar surface area (TPSA) is 21.8 Å². The van der Waals surface area contributed by atoms with Gasteiger partial charge >= 0.3 is 0 Å². The highest BCUT2D eigenvalue weighted by Crippen LogP contribution is 2.27. The monoisotopic (exact) mass is 242 g/mol. The van der Waals surface area contributed by atoms with Crippen LogP contribution in [0.4, 0.5) is 0 Å². The van der Waals surface area contributed by atoms with Gasteiger partial charge in [0.2, 0.25) is 0 Å². The number of rotatable bonds is 3. The molecule has 0 radical (unpaired) electrons. The number of epoxide rings is 1. The molecule has 1 saturated heterocycles. The molecular weight excluding hydrogens is 232 g/mol. The van der Waals surface area contributed by atoms with E-state index in [1.807, 2.05) is 31.2 Å². The van der Waals surface area contributed by atoms with Gasteiger partial charge in [-0.15, -0.1) is 0 Å². The van der Waals surface area contributed by atoms with Crippen LogP contribution in [0.1, 0.15) is 6.92 Å². The zero-order valence-electron chi connectivity index (χ0n) is 7.37. The SMILES string of the molecule is C[C@H](Oc1ccccc1Br)[C@H]1CO1. The minimum atomic E-state index is 0.138. The summed E-state index contributed by atoms with van der Waals surface area (Å²) in [6.45, 7) is 2.85. The summed E-state index contributed by atoms with van der Waals surface area (Å²) in [6, 6.07) is 7.84. The Morgan fingerprint density at radius 2 is 2.23 bits per heavy atom. The molecule has 1 heterocycles. The van der Waals surface area contributed by atoms with Crippen LogP contribution in [0.15, 0.2) is 28.7 Å². The van der Waals surface area contributed by atoms with Gasteiger partial charge in [0.1, 0.15) is 18.0 Å². The summed E-state index contributed by atoms with van der Waals surface area (Å²) in [7, 11) is 0. The van der Waals surface area contributed by atoms with E-state index in [4.69, 9.17) is 9.47 Å². The fourth-order valence-corrected chi connectivity index (χ4v) is 1.52. The van der Waals surface area contributed by atoms with Crippen LogP contribution in [0.3, 0.4) is 0 Å². The molecule has 0 amide bonds. The van der Waals surface area contributed by atoms with E-state index in [0.717, 1.165) is 16.8 Å². The number of hydrogen-bond donors (Lipinski definition) is 0. The third kappa shape index (κ3) is 2.23. The summed E-state index contributed by atoms with van der Waals surface area (Å²) in [4.78, 5) is 0. The van der Waals surface area contributed by atoms with Crippen molar-refractivity contribution in [1.29, 1.82) is 0 Å². The van der Waals surface area contributed by atoms with Crippen LogP contribution >= 0.6 is 15.9 Å². The van der Waals surface area contributed by atoms with Crippen LogP contribution in [0.25, 0.3) is 0 Å². The highest BCUT2D eigenvalue weighted by atomic mass is 79.9. The second-order valence-electron chi connectivity index (χ2n) is 3.13. The van der Waals surface area contributed by atoms with E-state index < -0.39 is 0 Å². The molecule has 70 valence electrons. The second kappa shape index (κ2) is 3.68. The zero-order valence-corrected chi connectivity index (χ0v) is 8.95. The van der Waals surface area contributed by atoms with E-state index in [0.29, 0.717) is 0 Å². The lowest BCUT2D eigenvalue weighted by molar-refractivity contribution is 0.175. The fourth-order valence-electron chi connectivity index (χ4n) is 1.14. The minimum Gasteiger partial charge on any atom is -0.487 e. The van der Waals surface area contributed by atoms with Gasteiger partial charge in [0.25, 0.3) is 0 Å². The molecule has 0 aliphatic carbocycles. The maximum Gasteiger partial charge on any atom is 0.134 e. The van der Waals surface area contributed by atoms with Crippen LogP contribution in [0.5, 0.6) is 5.75 Å². The standard InChI is InChI=1S/C10H11BrO2/c1-7(10-6-12-10)13-9-5-3-2-4-8(9)11/h2-5,7,10H,6H2,1H3/t7-,10+/m0/s1. The van der Waals surface area contributed by atoms with Crippen molar-refractivity contribution in [2.75, 3.05) is 6.61 Å². The smallest absolute Gasteiger partial charge is 0.134 e. The maximum absolute atomic E-state index is 5.70. The quantitative estimate of drug-likeness (QED) is 0.761. The Bertz CT molecular complexity index is 297. The molecule has 0 unspecified atom stereocenters. The van der Waals surface area contributed by atoms with Gasteiger partial charge in [-0.1, -0.05) is 12.1 Å². The predicted octanol–water partition coefficient (Wildman–Crippen LogP) is 2.62. The molecule has 13 heavy (non-hydrogen) atoms. The van der Waals surface area contributed by atoms with Gasteiger partial charge in [-0.2, -0.15) is 0 Å². The first-order valence-electron chi connectivity index (χ1n) is 4.30. The normalized spacial score (nSPS) is 22.5. The van der Waals surface area contributed by atoms with Gasteiger partial charge < -0.3 is 9.47 Å². The Hall–Kier alpha value is -0.540. The molecule has 1 aromatic rings. The summed E-state index contributed by atoms with van der Waals surface area (Å²) in [5.74, 6) is 0.880. The van der Waals surface area contributed by atoms with Gasteiger partial charge in [-0.25, -0.2) is 0 Å². The van der Waals surface area contributed by atoms with Gasteiger partial charge in [-0.05, 0) is 35.0 Å². The molecule has 1 fully saturated rings. The molecule has 2 atom stereocenters. The van der Waals surface area contributed by atoms with E-state index in [-0.39, 0.29) is 12.2 Å². The highest BCUT2D eigenvalue weighted by Gasteiger charge is 2.31. The zero-order chi connectivity index (χ0) is 9.26. The predicted molar refractivity (Wildman–Crippen MR) is 54.0 cm³/mol. The van der Waals surface area contributed by atoms with Crippen molar-refractivity contribution in [3.8, 4) is 5.75 Å². The van der Waals surface area contributed by atoms with Gasteiger partial charge in [0, 0.05) is 0 Å². The first kappa shape index (κ1) is 9.03. The van der Waals surface area contributed by atoms with Crippen molar-refractivity contribution in [3.63, 3.8) is 0 Å². The molecule has 2 rings (SSSR count). The lowest BCUT2D eigenvalue weighted by Crippen LogP contribution is -2.18. The van der Waals surface area contributed by atoms with E-state index in [9.17, 15) is 0 Å². The molecule has 1 aliphatic heterocycles. The number of hydrogen-bond acceptors (Lipinski definition) is 2. The number of para-hydroxylation sites is 1. The first-order valence-corrected chi connectivity index (χ1v) is 5.09. The summed E-state index contributed by atoms with van der Waals surface area (Å²) in [5, 5.41) is 0. The van der Waals surface area contributed by atoms with E-state index in [2.05, 4.69) is 15.9 Å². The molecule has 3 heteroatoms. The van der Waals surface area contributed by atoms with Crippen molar-refractivity contribution in [2.45, 2.75) is 19.1 Å². The van der Waals surface area contributed by atoms with E-state index in [1.54, 1.807) is 0 Å². The van der Waals surface area contributed by atoms with Crippen LogP contribution in [0.2, 0.25) is 0 Å². The second-order valence-corrected chi connectivity index (χ2v) is 3.98. The van der Waals surface area contributed by atoms with Crippen molar-refractivity contribution < 1.29 is 9.47 Å². The molecule has 0 bridgehead atoms. The number of ether oxygens (including phenoxy) is 2. The van der Waals surface area contributed by atoms with E-state index in [1.165, 1.54) is 0 Å². The van der Waals surface area contributed by atoms with Crippen LogP contribution < -0.4 is 4.74 Å². The molecule has 0 saturated carbocycles. The highest BCUT2D eigenvalue weighted by molar-refractivity contribution is 9.10. The first-order chi connectivity index (χ1) is 6.27. The molecule has 0 N–H and O–H groups in total. The van der Waals surface area contributed by atoms with Gasteiger partial charge in [-0.3, -0.25) is 0 Å². The maximum atomic E-state index is 5.70. The van der Waals surface area contributed by atoms with Crippen molar-refractivity contribution in [1.82, 2.24) is 0 Å². The third-order valence-electron chi connectivity index (χ3n) is 2.03. The van der Waals surface area contributed by atoms with Crippen molar-refractivity contribution in [3.05, 3.63) is 28.7 Å². The van der Waals surface area contributed by atoms with Gasteiger partial charge in [0.05, 0.1) is 11.1 Å². The Labute approximate surface area is 86.0 Å². The average molecular weight is 243 g/mol. The van der Waals surface area contributed by atoms with Crippen LogP contribution in [0, 0.1) is 0 Å². The minimum absolute atomic E-state index is 0.138. The van der Waals surface area contributed by atoms with Crippen molar-refractivity contribution >= 4 is 15.9 Å². The summed E-state index contributed by atoms with van der Waals surface area (Å²) >= 11 is 3.43. The fraction of sp³-hybridized carbons (Fsp3) is 0.400. The molecule has 2 nitrogen and oxygen atoms in total. The van der Waals surface area contributed by atoms with Crippen LogP contribution in [-0.4, -0.2) is 18.8 Å². The summed E-state index contributed by atoms with van der Waals surface area (Å²) < 4.78 is 11.8. The van der Waals surface area contributed by atoms with Crippen molar-refractivity contribution in [2.24, 2.45) is 0 Å². The summed E-state index contributed by atoms with van der Waals surface area (Å²) in [5.41, 5.74) is 0. The third-order valence-corrected chi connectivity index (χ3v) is 2.69. The summed E-state index contributed by atoms with van der Waals surface area (Å²) in [6.07, 6.45) is 0.422. The lowest BCUT2D eigenvalue weighted by Gasteiger charge is -2.13. The molecule has 0 aromatic heterocycles. The lowest BCUT2D eigenvalue weighted by atomic mass is 10.3. The molecule has 1 aliphatic rings. The largest absolute Gasteiger partial charge is 0.487 e. The Kier molecular flexibility index (Phi) is 2.56. The number of benzene rings is 1. The Morgan fingerprint density at radius 3 is 2.85 bits per heavy atom.